The Kier molecular flexibility index (Phi) is 3.29. The first-order chi connectivity index (χ1) is 9.69. The summed E-state index contributed by atoms with van der Waals surface area (Å²) in [5, 5.41) is 10.2. The number of pyridine rings is 1. The van der Waals surface area contributed by atoms with Gasteiger partial charge in [-0.05, 0) is 38.1 Å². The number of hydrogen-bond donors (Lipinski definition) is 0. The van der Waals surface area contributed by atoms with Crippen LogP contribution in [0.4, 0.5) is 5.69 Å². The molecule has 4 heteroatoms. The molecule has 4 nitrogen and oxygen atoms in total. The first-order valence-corrected chi connectivity index (χ1v) is 6.70. The molecule has 0 N–H and O–H groups in total. The summed E-state index contributed by atoms with van der Waals surface area (Å²) >= 11 is 0. The third-order valence-electron chi connectivity index (χ3n) is 3.53. The van der Waals surface area contributed by atoms with E-state index in [1.807, 2.05) is 24.3 Å². The molecule has 1 aliphatic heterocycles. The highest BCUT2D eigenvalue weighted by atomic mass is 16.5. The Labute approximate surface area is 118 Å². The van der Waals surface area contributed by atoms with Crippen LogP contribution in [0.3, 0.4) is 0 Å². The second kappa shape index (κ2) is 5.10. The number of aromatic nitrogens is 1. The van der Waals surface area contributed by atoms with Crippen molar-refractivity contribution in [2.45, 2.75) is 19.1 Å². The van der Waals surface area contributed by atoms with E-state index in [-0.39, 0.29) is 12.2 Å². The van der Waals surface area contributed by atoms with Gasteiger partial charge in [-0.2, -0.15) is 5.26 Å². The van der Waals surface area contributed by atoms with E-state index in [0.29, 0.717) is 5.56 Å². The maximum absolute atomic E-state index is 9.19. The van der Waals surface area contributed by atoms with E-state index >= 15 is 0 Å². The number of hydrogen-bond acceptors (Lipinski definition) is 4. The van der Waals surface area contributed by atoms with Gasteiger partial charge in [-0.25, -0.2) is 0 Å². The van der Waals surface area contributed by atoms with Crippen molar-refractivity contribution >= 4 is 16.6 Å². The first kappa shape index (κ1) is 12.9. The summed E-state index contributed by atoms with van der Waals surface area (Å²) in [5.74, 6) is 0. The molecular formula is C16H16N3O. The molecule has 3 rings (SSSR count). The van der Waals surface area contributed by atoms with Crippen molar-refractivity contribution in [2.24, 2.45) is 0 Å². The van der Waals surface area contributed by atoms with Crippen LogP contribution in [0.5, 0.6) is 0 Å². The minimum atomic E-state index is -0.0406. The zero-order chi connectivity index (χ0) is 14.1. The number of anilines is 1. The molecule has 20 heavy (non-hydrogen) atoms. The lowest BCUT2D eigenvalue weighted by molar-refractivity contribution is 0.00880. The van der Waals surface area contributed by atoms with E-state index in [2.05, 4.69) is 29.8 Å². The summed E-state index contributed by atoms with van der Waals surface area (Å²) < 4.78 is 5.67. The van der Waals surface area contributed by atoms with Gasteiger partial charge in [0, 0.05) is 30.4 Å². The Morgan fingerprint density at radius 1 is 1.40 bits per heavy atom. The van der Waals surface area contributed by atoms with Crippen molar-refractivity contribution in [3.05, 3.63) is 42.9 Å². The Bertz CT molecular complexity index is 667. The molecule has 0 bridgehead atoms. The molecule has 1 aromatic carbocycles. The second-order valence-corrected chi connectivity index (χ2v) is 5.12. The average Bonchev–Trinajstić information content (AvgIpc) is 2.45. The topological polar surface area (TPSA) is 49.2 Å². The number of ether oxygens (including phenoxy) is 1. The minimum absolute atomic E-state index is 0.0406. The van der Waals surface area contributed by atoms with Gasteiger partial charge in [0.1, 0.15) is 6.07 Å². The van der Waals surface area contributed by atoms with Crippen LogP contribution < -0.4 is 4.90 Å². The molecule has 2 heterocycles. The number of nitrogens with zero attached hydrogens (tertiary/aromatic N) is 3. The molecule has 1 aliphatic rings. The maximum atomic E-state index is 9.19. The molecule has 101 valence electrons. The highest BCUT2D eigenvalue weighted by Crippen LogP contribution is 2.29. The lowest BCUT2D eigenvalue weighted by Gasteiger charge is -2.37. The van der Waals surface area contributed by atoms with Gasteiger partial charge in [-0.15, -0.1) is 0 Å². The first-order valence-electron chi connectivity index (χ1n) is 6.70. The number of benzene rings is 1. The summed E-state index contributed by atoms with van der Waals surface area (Å²) in [4.78, 5) is 6.61. The molecule has 1 fully saturated rings. The third-order valence-corrected chi connectivity index (χ3v) is 3.53. The quantitative estimate of drug-likeness (QED) is 0.796. The molecule has 1 saturated heterocycles. The monoisotopic (exact) mass is 266 g/mol. The highest BCUT2D eigenvalue weighted by molar-refractivity contribution is 5.95. The molecule has 1 radical (unpaired) electrons. The molecule has 0 saturated carbocycles. The van der Waals surface area contributed by atoms with Crippen LogP contribution in [0.1, 0.15) is 12.5 Å². The number of morpholine rings is 1. The summed E-state index contributed by atoms with van der Waals surface area (Å²) in [7, 11) is 0. The average molecular weight is 266 g/mol. The van der Waals surface area contributed by atoms with Gasteiger partial charge >= 0.3 is 0 Å². The van der Waals surface area contributed by atoms with Crippen LogP contribution >= 0.6 is 0 Å². The minimum Gasteiger partial charge on any atom is -0.372 e. The number of nitriles is 1. The molecule has 2 aromatic rings. The van der Waals surface area contributed by atoms with Crippen LogP contribution in [-0.4, -0.2) is 30.3 Å². The number of fused-ring (bicyclic) bond motifs is 1. The zero-order valence-corrected chi connectivity index (χ0v) is 11.4. The smallest absolute Gasteiger partial charge is 0.101 e. The zero-order valence-electron chi connectivity index (χ0n) is 11.4. The fourth-order valence-corrected chi connectivity index (χ4v) is 2.77. The number of rotatable bonds is 1. The van der Waals surface area contributed by atoms with Crippen LogP contribution in [0, 0.1) is 18.3 Å². The predicted octanol–water partition coefficient (Wildman–Crippen LogP) is 2.53. The molecular weight excluding hydrogens is 250 g/mol. The summed E-state index contributed by atoms with van der Waals surface area (Å²) in [5.41, 5.74) is 2.46. The Balaban J connectivity index is 2.11. The van der Waals surface area contributed by atoms with E-state index in [9.17, 15) is 5.26 Å². The highest BCUT2D eigenvalue weighted by Gasteiger charge is 2.24. The largest absolute Gasteiger partial charge is 0.372 e. The SMILES string of the molecule is [CH2][C@@H]1CN(c2ccc(C#N)c3ncccc23)C[C@@H](C)O1. The standard InChI is InChI=1S/C16H16N3O/c1-11-9-19(10-12(2)20-11)15-6-5-13(8-17)16-14(15)4-3-7-18-16/h3-7,11-12H,1,9-10H2,2H3/t11-,12-/m1/s1. The van der Waals surface area contributed by atoms with Crippen molar-refractivity contribution in [2.75, 3.05) is 18.0 Å². The van der Waals surface area contributed by atoms with Gasteiger partial charge in [-0.3, -0.25) is 4.98 Å². The van der Waals surface area contributed by atoms with Gasteiger partial charge in [0.2, 0.25) is 0 Å². The van der Waals surface area contributed by atoms with Crippen molar-refractivity contribution in [3.8, 4) is 6.07 Å². The van der Waals surface area contributed by atoms with Gasteiger partial charge < -0.3 is 9.64 Å². The molecule has 0 spiro atoms. The van der Waals surface area contributed by atoms with E-state index in [4.69, 9.17) is 4.74 Å². The van der Waals surface area contributed by atoms with Gasteiger partial charge in [0.25, 0.3) is 0 Å². The Hall–Kier alpha value is -2.12. The second-order valence-electron chi connectivity index (χ2n) is 5.12. The van der Waals surface area contributed by atoms with E-state index in [1.165, 1.54) is 0 Å². The summed E-state index contributed by atoms with van der Waals surface area (Å²) in [6.45, 7) is 7.63. The van der Waals surface area contributed by atoms with Crippen molar-refractivity contribution in [3.63, 3.8) is 0 Å². The van der Waals surface area contributed by atoms with Crippen molar-refractivity contribution in [1.82, 2.24) is 4.98 Å². The fraction of sp³-hybridized carbons (Fsp3) is 0.312. The molecule has 0 amide bonds. The lowest BCUT2D eigenvalue weighted by Crippen LogP contribution is -2.45. The van der Waals surface area contributed by atoms with Gasteiger partial charge in [0.15, 0.2) is 0 Å². The van der Waals surface area contributed by atoms with Gasteiger partial charge in [-0.1, -0.05) is 0 Å². The van der Waals surface area contributed by atoms with Crippen LogP contribution in [0.2, 0.25) is 0 Å². The third kappa shape index (κ3) is 2.21. The predicted molar refractivity (Wildman–Crippen MR) is 78.4 cm³/mol. The van der Waals surface area contributed by atoms with Crippen LogP contribution in [0.15, 0.2) is 30.5 Å². The molecule has 0 aliphatic carbocycles. The van der Waals surface area contributed by atoms with E-state index in [0.717, 1.165) is 29.7 Å². The Morgan fingerprint density at radius 3 is 3.00 bits per heavy atom. The van der Waals surface area contributed by atoms with E-state index < -0.39 is 0 Å². The fourth-order valence-electron chi connectivity index (χ4n) is 2.77. The van der Waals surface area contributed by atoms with Crippen LogP contribution in [-0.2, 0) is 4.74 Å². The van der Waals surface area contributed by atoms with Crippen LogP contribution in [0.25, 0.3) is 10.9 Å². The molecule has 1 aromatic heterocycles. The lowest BCUT2D eigenvalue weighted by atomic mass is 10.1. The Morgan fingerprint density at radius 2 is 2.25 bits per heavy atom. The van der Waals surface area contributed by atoms with Crippen molar-refractivity contribution in [1.29, 1.82) is 5.26 Å². The van der Waals surface area contributed by atoms with E-state index in [1.54, 1.807) is 6.20 Å². The van der Waals surface area contributed by atoms with Gasteiger partial charge in [0.05, 0.1) is 23.3 Å². The summed E-state index contributed by atoms with van der Waals surface area (Å²) in [6.07, 6.45) is 1.83. The molecule has 2 atom stereocenters. The van der Waals surface area contributed by atoms with Crippen molar-refractivity contribution < 1.29 is 4.74 Å². The normalized spacial score (nSPS) is 22.8. The summed E-state index contributed by atoms with van der Waals surface area (Å²) in [6, 6.07) is 9.94. The maximum Gasteiger partial charge on any atom is 0.101 e. The molecule has 0 unspecified atom stereocenters.